The zero-order valence-electron chi connectivity index (χ0n) is 16.6. The highest BCUT2D eigenvalue weighted by Gasteiger charge is 2.49. The second-order valence-electron chi connectivity index (χ2n) is 7.22. The smallest absolute Gasteiger partial charge is 0.266 e. The minimum Gasteiger partial charge on any atom is -0.478 e. The lowest BCUT2D eigenvalue weighted by molar-refractivity contribution is -0.164. The Labute approximate surface area is 166 Å². The van der Waals surface area contributed by atoms with Gasteiger partial charge in [-0.25, -0.2) is 0 Å². The van der Waals surface area contributed by atoms with E-state index in [1.165, 1.54) is 0 Å². The molecule has 0 N–H and O–H groups in total. The molecule has 1 aliphatic heterocycles. The Kier molecular flexibility index (Phi) is 6.33. The van der Waals surface area contributed by atoms with Crippen molar-refractivity contribution in [2.45, 2.75) is 38.8 Å². The third-order valence-electron chi connectivity index (χ3n) is 5.11. The number of aryl methyl sites for hydroxylation is 2. The lowest BCUT2D eigenvalue weighted by Gasteiger charge is -2.47. The summed E-state index contributed by atoms with van der Waals surface area (Å²) in [6.45, 7) is 5.38. The molecular formula is C23H26N2O3. The second-order valence-corrected chi connectivity index (χ2v) is 7.22. The Bertz CT molecular complexity index is 870. The molecule has 2 atom stereocenters. The number of nitrogens with zero attached hydrogens (tertiary/aromatic N) is 2. The number of nitriles is 1. The van der Waals surface area contributed by atoms with Gasteiger partial charge in [0.1, 0.15) is 11.8 Å². The summed E-state index contributed by atoms with van der Waals surface area (Å²) < 4.78 is 11.3. The number of hydrogen-bond acceptors (Lipinski definition) is 4. The number of benzene rings is 2. The van der Waals surface area contributed by atoms with Crippen LogP contribution < -0.4 is 4.74 Å². The quantitative estimate of drug-likeness (QED) is 0.516. The predicted molar refractivity (Wildman–Crippen MR) is 107 cm³/mol. The van der Waals surface area contributed by atoms with Crippen LogP contribution in [0.2, 0.25) is 0 Å². The van der Waals surface area contributed by atoms with Gasteiger partial charge in [-0.2, -0.15) is 5.26 Å². The van der Waals surface area contributed by atoms with Crippen LogP contribution >= 0.6 is 0 Å². The van der Waals surface area contributed by atoms with E-state index in [9.17, 15) is 4.79 Å². The molecule has 3 rings (SSSR count). The zero-order valence-corrected chi connectivity index (χ0v) is 16.6. The first kappa shape index (κ1) is 19.9. The number of carbonyl (C=O) groups excluding carboxylic acids is 1. The van der Waals surface area contributed by atoms with Crippen molar-refractivity contribution < 1.29 is 14.3 Å². The Balaban J connectivity index is 1.80. The summed E-state index contributed by atoms with van der Waals surface area (Å²) in [6.07, 6.45) is 1.24. The summed E-state index contributed by atoms with van der Waals surface area (Å²) in [4.78, 5) is 14.7. The number of unbranched alkanes of at least 4 members (excludes halogenated alkanes) is 1. The van der Waals surface area contributed by atoms with Crippen molar-refractivity contribution in [3.05, 3.63) is 64.7 Å². The van der Waals surface area contributed by atoms with Gasteiger partial charge in [0.2, 0.25) is 6.10 Å². The lowest BCUT2D eigenvalue weighted by atomic mass is 9.89. The summed E-state index contributed by atoms with van der Waals surface area (Å²) >= 11 is 0. The van der Waals surface area contributed by atoms with Crippen LogP contribution in [0.5, 0.6) is 5.75 Å². The standard InChI is InChI=1S/C23H26N2O3/c1-16-6-11-20(17(2)14-16)28-22-21(19-9-7-18(15-24)8-10-19)25(23(22)26)12-4-5-13-27-3/h6-11,14,21-22H,4-5,12-13H2,1-3H3. The molecule has 5 heteroatoms. The molecule has 28 heavy (non-hydrogen) atoms. The monoisotopic (exact) mass is 378 g/mol. The largest absolute Gasteiger partial charge is 0.478 e. The summed E-state index contributed by atoms with van der Waals surface area (Å²) in [5.41, 5.74) is 3.77. The van der Waals surface area contributed by atoms with Crippen LogP contribution in [-0.2, 0) is 9.53 Å². The first-order chi connectivity index (χ1) is 13.5. The average molecular weight is 378 g/mol. The molecule has 1 aliphatic rings. The van der Waals surface area contributed by atoms with Gasteiger partial charge in [-0.15, -0.1) is 0 Å². The van der Waals surface area contributed by atoms with E-state index in [2.05, 4.69) is 12.1 Å². The van der Waals surface area contributed by atoms with Crippen molar-refractivity contribution in [1.82, 2.24) is 4.90 Å². The second kappa shape index (κ2) is 8.90. The molecule has 1 fully saturated rings. The van der Waals surface area contributed by atoms with Crippen LogP contribution in [0.15, 0.2) is 42.5 Å². The Hall–Kier alpha value is -2.84. The molecule has 0 radical (unpaired) electrons. The number of rotatable bonds is 8. The summed E-state index contributed by atoms with van der Waals surface area (Å²) in [7, 11) is 1.68. The highest BCUT2D eigenvalue weighted by Crippen LogP contribution is 2.38. The van der Waals surface area contributed by atoms with Crippen LogP contribution in [0.4, 0.5) is 0 Å². The molecule has 2 aromatic carbocycles. The number of ether oxygens (including phenoxy) is 2. The van der Waals surface area contributed by atoms with Crippen molar-refractivity contribution in [3.8, 4) is 11.8 Å². The van der Waals surface area contributed by atoms with Crippen molar-refractivity contribution >= 4 is 5.91 Å². The van der Waals surface area contributed by atoms with E-state index in [0.717, 1.165) is 35.3 Å². The molecule has 146 valence electrons. The van der Waals surface area contributed by atoms with Crippen molar-refractivity contribution in [2.24, 2.45) is 0 Å². The lowest BCUT2D eigenvalue weighted by Crippen LogP contribution is -2.61. The third-order valence-corrected chi connectivity index (χ3v) is 5.11. The maximum atomic E-state index is 12.8. The molecule has 1 amide bonds. The molecule has 0 spiro atoms. The topological polar surface area (TPSA) is 62.6 Å². The first-order valence-electron chi connectivity index (χ1n) is 9.58. The molecule has 0 aliphatic carbocycles. The molecule has 1 heterocycles. The normalized spacial score (nSPS) is 18.5. The maximum absolute atomic E-state index is 12.8. The molecule has 5 nitrogen and oxygen atoms in total. The fourth-order valence-corrected chi connectivity index (χ4v) is 3.59. The van der Waals surface area contributed by atoms with Gasteiger partial charge < -0.3 is 14.4 Å². The highest BCUT2D eigenvalue weighted by atomic mass is 16.5. The van der Waals surface area contributed by atoms with Crippen LogP contribution in [0.1, 0.15) is 41.1 Å². The first-order valence-corrected chi connectivity index (χ1v) is 9.58. The minimum absolute atomic E-state index is 0.00625. The van der Waals surface area contributed by atoms with Gasteiger partial charge in [0.05, 0.1) is 11.6 Å². The zero-order chi connectivity index (χ0) is 20.1. The fourth-order valence-electron chi connectivity index (χ4n) is 3.59. The van der Waals surface area contributed by atoms with Gasteiger partial charge in [0.15, 0.2) is 0 Å². The fraction of sp³-hybridized carbons (Fsp3) is 0.391. The van der Waals surface area contributed by atoms with E-state index in [-0.39, 0.29) is 11.9 Å². The molecule has 0 saturated carbocycles. The van der Waals surface area contributed by atoms with Gasteiger partial charge in [-0.3, -0.25) is 4.79 Å². The van der Waals surface area contributed by atoms with Gasteiger partial charge >= 0.3 is 0 Å². The summed E-state index contributed by atoms with van der Waals surface area (Å²) in [6, 6.07) is 15.4. The molecule has 2 unspecified atom stereocenters. The molecule has 0 bridgehead atoms. The number of hydrogen-bond donors (Lipinski definition) is 0. The van der Waals surface area contributed by atoms with E-state index >= 15 is 0 Å². The predicted octanol–water partition coefficient (Wildman–Crippen LogP) is 3.93. The van der Waals surface area contributed by atoms with Gasteiger partial charge in [-0.1, -0.05) is 29.8 Å². The van der Waals surface area contributed by atoms with Gasteiger partial charge in [-0.05, 0) is 56.0 Å². The average Bonchev–Trinajstić information content (AvgIpc) is 2.70. The SMILES string of the molecule is COCCCCN1C(=O)C(Oc2ccc(C)cc2C)C1c1ccc(C#N)cc1. The summed E-state index contributed by atoms with van der Waals surface area (Å²) in [5.74, 6) is 0.744. The highest BCUT2D eigenvalue weighted by molar-refractivity contribution is 5.89. The Morgan fingerprint density at radius 2 is 1.86 bits per heavy atom. The Morgan fingerprint density at radius 3 is 2.50 bits per heavy atom. The van der Waals surface area contributed by atoms with E-state index in [1.54, 1.807) is 19.2 Å². The number of likely N-dealkylation sites (tertiary alicyclic amines) is 1. The van der Waals surface area contributed by atoms with E-state index in [1.807, 2.05) is 43.0 Å². The molecule has 2 aromatic rings. The number of β-lactam (4-membered cyclic amide) rings is 1. The van der Waals surface area contributed by atoms with Crippen LogP contribution in [-0.4, -0.2) is 37.2 Å². The maximum Gasteiger partial charge on any atom is 0.266 e. The van der Waals surface area contributed by atoms with Gasteiger partial charge in [0.25, 0.3) is 5.91 Å². The minimum atomic E-state index is -0.545. The van der Waals surface area contributed by atoms with Crippen LogP contribution in [0.25, 0.3) is 0 Å². The van der Waals surface area contributed by atoms with Crippen molar-refractivity contribution in [3.63, 3.8) is 0 Å². The molecular weight excluding hydrogens is 352 g/mol. The van der Waals surface area contributed by atoms with Gasteiger partial charge in [0, 0.05) is 20.3 Å². The Morgan fingerprint density at radius 1 is 1.11 bits per heavy atom. The van der Waals surface area contributed by atoms with Crippen molar-refractivity contribution in [1.29, 1.82) is 5.26 Å². The van der Waals surface area contributed by atoms with Crippen LogP contribution in [0.3, 0.4) is 0 Å². The van der Waals surface area contributed by atoms with Crippen LogP contribution in [0, 0.1) is 25.2 Å². The number of amides is 1. The van der Waals surface area contributed by atoms with E-state index < -0.39 is 6.10 Å². The number of carbonyl (C=O) groups is 1. The summed E-state index contributed by atoms with van der Waals surface area (Å²) in [5, 5.41) is 9.05. The van der Waals surface area contributed by atoms with E-state index in [4.69, 9.17) is 14.7 Å². The molecule has 1 saturated heterocycles. The third kappa shape index (κ3) is 4.18. The molecule has 0 aromatic heterocycles. The van der Waals surface area contributed by atoms with E-state index in [0.29, 0.717) is 18.7 Å². The van der Waals surface area contributed by atoms with Crippen molar-refractivity contribution in [2.75, 3.05) is 20.3 Å². The number of methoxy groups -OCH3 is 1.